The quantitative estimate of drug-likeness (QED) is 0.173. The van der Waals surface area contributed by atoms with Gasteiger partial charge in [0.2, 0.25) is 0 Å². The topological polar surface area (TPSA) is 21.7 Å². The van der Waals surface area contributed by atoms with E-state index in [0.29, 0.717) is 17.2 Å². The molecule has 0 aromatic heterocycles. The molecule has 3 nitrogen and oxygen atoms in total. The fraction of sp³-hybridized carbons (Fsp3) is 0.0169. The summed E-state index contributed by atoms with van der Waals surface area (Å²) >= 11 is 0. The highest BCUT2D eigenvalue weighted by Crippen LogP contribution is 2.67. The maximum Gasteiger partial charge on any atom is 0.194 e. The van der Waals surface area contributed by atoms with Crippen LogP contribution in [0.1, 0.15) is 22.3 Å². The van der Waals surface area contributed by atoms with Gasteiger partial charge in [0.15, 0.2) is 23.0 Å². The van der Waals surface area contributed by atoms with Crippen molar-refractivity contribution < 1.29 is 9.47 Å². The molecule has 290 valence electrons. The third kappa shape index (κ3) is 4.94. The minimum atomic E-state index is -0.495. The van der Waals surface area contributed by atoms with Crippen molar-refractivity contribution in [1.29, 1.82) is 0 Å². The summed E-state index contributed by atoms with van der Waals surface area (Å²) in [6.45, 7) is 0. The molecule has 0 amide bonds. The SMILES string of the molecule is c1ccc(-c2ccccc2N(c2ccc(-c3ccc4ccccc4c3)cc2)c2cccc3c2Oc2c(ccc4c2-c2ccccc2C42c4ccccc4-c4ccccc42)O3)cc1. The number of fused-ring (bicyclic) bond motifs is 14. The Bertz CT molecular complexity index is 3380. The molecule has 1 heterocycles. The van der Waals surface area contributed by atoms with Gasteiger partial charge in [0, 0.05) is 16.8 Å². The zero-order valence-corrected chi connectivity index (χ0v) is 33.6. The molecule has 13 rings (SSSR count). The smallest absolute Gasteiger partial charge is 0.194 e. The number of nitrogens with zero attached hydrogens (tertiary/aromatic N) is 1. The molecular formula is C59H37NO2. The molecule has 0 saturated carbocycles. The zero-order valence-electron chi connectivity index (χ0n) is 33.6. The van der Waals surface area contributed by atoms with E-state index in [9.17, 15) is 0 Å². The molecule has 0 unspecified atom stereocenters. The molecule has 3 aliphatic rings. The number of para-hydroxylation sites is 2. The summed E-state index contributed by atoms with van der Waals surface area (Å²) in [5.74, 6) is 2.77. The Morgan fingerprint density at radius 1 is 0.323 bits per heavy atom. The van der Waals surface area contributed by atoms with Gasteiger partial charge in [-0.25, -0.2) is 0 Å². The van der Waals surface area contributed by atoms with Gasteiger partial charge < -0.3 is 14.4 Å². The largest absolute Gasteiger partial charge is 0.449 e. The highest BCUT2D eigenvalue weighted by atomic mass is 16.6. The third-order valence-corrected chi connectivity index (χ3v) is 13.1. The van der Waals surface area contributed by atoms with Crippen LogP contribution < -0.4 is 14.4 Å². The summed E-state index contributed by atoms with van der Waals surface area (Å²) in [4.78, 5) is 2.32. The van der Waals surface area contributed by atoms with Gasteiger partial charge in [-0.2, -0.15) is 0 Å². The first kappa shape index (κ1) is 34.7. The summed E-state index contributed by atoms with van der Waals surface area (Å²) in [5.41, 5.74) is 16.8. The maximum atomic E-state index is 7.42. The van der Waals surface area contributed by atoms with Crippen LogP contribution in [0.5, 0.6) is 23.0 Å². The molecule has 1 spiro atoms. The van der Waals surface area contributed by atoms with E-state index in [1.165, 1.54) is 49.7 Å². The first-order valence-corrected chi connectivity index (χ1v) is 21.2. The second-order valence-electron chi connectivity index (χ2n) is 16.3. The number of ether oxygens (including phenoxy) is 2. The first-order valence-electron chi connectivity index (χ1n) is 21.2. The van der Waals surface area contributed by atoms with Gasteiger partial charge in [0.05, 0.1) is 16.8 Å². The van der Waals surface area contributed by atoms with Crippen LogP contribution >= 0.6 is 0 Å². The minimum absolute atomic E-state index is 0.495. The molecular weight excluding hydrogens is 755 g/mol. The Morgan fingerprint density at radius 2 is 0.903 bits per heavy atom. The van der Waals surface area contributed by atoms with Crippen LogP contribution in [-0.4, -0.2) is 0 Å². The molecule has 62 heavy (non-hydrogen) atoms. The molecule has 2 aliphatic carbocycles. The van der Waals surface area contributed by atoms with Gasteiger partial charge in [-0.1, -0.05) is 182 Å². The predicted molar refractivity (Wildman–Crippen MR) is 252 cm³/mol. The van der Waals surface area contributed by atoms with Crippen LogP contribution in [0.25, 0.3) is 55.3 Å². The highest BCUT2D eigenvalue weighted by Gasteiger charge is 2.53. The molecule has 0 atom stereocenters. The van der Waals surface area contributed by atoms with Crippen LogP contribution in [0.4, 0.5) is 17.1 Å². The summed E-state index contributed by atoms with van der Waals surface area (Å²) in [6, 6.07) is 80.5. The van der Waals surface area contributed by atoms with Gasteiger partial charge >= 0.3 is 0 Å². The van der Waals surface area contributed by atoms with Gasteiger partial charge in [-0.15, -0.1) is 0 Å². The Labute approximate surface area is 360 Å². The predicted octanol–water partition coefficient (Wildman–Crippen LogP) is 15.9. The fourth-order valence-corrected chi connectivity index (χ4v) is 10.5. The van der Waals surface area contributed by atoms with Crippen LogP contribution in [-0.2, 0) is 5.41 Å². The van der Waals surface area contributed by atoms with Crippen LogP contribution in [0.3, 0.4) is 0 Å². The molecule has 0 bridgehead atoms. The summed E-state index contributed by atoms with van der Waals surface area (Å²) in [6.07, 6.45) is 0. The van der Waals surface area contributed by atoms with Crippen molar-refractivity contribution in [2.75, 3.05) is 4.90 Å². The molecule has 10 aromatic carbocycles. The van der Waals surface area contributed by atoms with E-state index >= 15 is 0 Å². The van der Waals surface area contributed by atoms with Crippen molar-refractivity contribution in [2.45, 2.75) is 5.41 Å². The van der Waals surface area contributed by atoms with Crippen molar-refractivity contribution in [1.82, 2.24) is 0 Å². The van der Waals surface area contributed by atoms with Crippen LogP contribution in [0.2, 0.25) is 0 Å². The van der Waals surface area contributed by atoms with Gasteiger partial charge in [-0.3, -0.25) is 0 Å². The number of benzene rings is 10. The van der Waals surface area contributed by atoms with Crippen molar-refractivity contribution in [3.63, 3.8) is 0 Å². The van der Waals surface area contributed by atoms with Crippen molar-refractivity contribution in [2.24, 2.45) is 0 Å². The average molecular weight is 792 g/mol. The maximum absolute atomic E-state index is 7.42. The lowest BCUT2D eigenvalue weighted by Gasteiger charge is -2.33. The van der Waals surface area contributed by atoms with Crippen molar-refractivity contribution in [3.8, 4) is 67.5 Å². The van der Waals surface area contributed by atoms with E-state index in [2.05, 4.69) is 223 Å². The summed E-state index contributed by atoms with van der Waals surface area (Å²) in [5, 5.41) is 2.46. The van der Waals surface area contributed by atoms with E-state index in [4.69, 9.17) is 9.47 Å². The van der Waals surface area contributed by atoms with E-state index in [1.54, 1.807) is 0 Å². The zero-order chi connectivity index (χ0) is 40.8. The third-order valence-electron chi connectivity index (χ3n) is 13.1. The molecule has 0 fully saturated rings. The lowest BCUT2D eigenvalue weighted by atomic mass is 9.70. The van der Waals surface area contributed by atoms with Gasteiger partial charge in [0.1, 0.15) is 0 Å². The molecule has 0 N–H and O–H groups in total. The molecule has 0 radical (unpaired) electrons. The van der Waals surface area contributed by atoms with E-state index in [1.807, 2.05) is 6.07 Å². The van der Waals surface area contributed by atoms with Crippen molar-refractivity contribution >= 4 is 27.8 Å². The summed E-state index contributed by atoms with van der Waals surface area (Å²) in [7, 11) is 0. The first-order chi connectivity index (χ1) is 30.8. The number of hydrogen-bond donors (Lipinski definition) is 0. The standard InChI is InChI=1S/C59H37NO2/c1-2-16-40(17-3-1)44-19-9-13-26-52(44)60(43-33-31-39(32-34-43)42-30-29-38-15-4-5-18-41(38)37-42)53-27-14-28-54-57(53)62-58-55(61-54)36-35-51-56(58)47-22-8-12-25-50(47)59(51)48-23-10-6-20-45(48)46-21-7-11-24-49(46)59/h1-37H. The van der Waals surface area contributed by atoms with Crippen LogP contribution in [0, 0.1) is 0 Å². The second kappa shape index (κ2) is 13.4. The van der Waals surface area contributed by atoms with Gasteiger partial charge in [-0.05, 0) is 109 Å². The Hall–Kier alpha value is -8.14. The monoisotopic (exact) mass is 791 g/mol. The van der Waals surface area contributed by atoms with E-state index < -0.39 is 5.41 Å². The molecule has 1 aliphatic heterocycles. The van der Waals surface area contributed by atoms with E-state index in [-0.39, 0.29) is 0 Å². The second-order valence-corrected chi connectivity index (χ2v) is 16.3. The Balaban J connectivity index is 1.000. The van der Waals surface area contributed by atoms with Crippen molar-refractivity contribution in [3.05, 3.63) is 247 Å². The molecule has 0 saturated heterocycles. The van der Waals surface area contributed by atoms with Crippen LogP contribution in [0.15, 0.2) is 224 Å². The lowest BCUT2D eigenvalue weighted by molar-refractivity contribution is 0.361. The molecule has 3 heteroatoms. The van der Waals surface area contributed by atoms with E-state index in [0.717, 1.165) is 50.6 Å². The number of hydrogen-bond acceptors (Lipinski definition) is 3. The number of rotatable bonds is 5. The highest BCUT2D eigenvalue weighted by molar-refractivity contribution is 5.99. The fourth-order valence-electron chi connectivity index (χ4n) is 10.5. The normalized spacial score (nSPS) is 13.2. The Kier molecular flexibility index (Phi) is 7.52. The summed E-state index contributed by atoms with van der Waals surface area (Å²) < 4.78 is 14.4. The minimum Gasteiger partial charge on any atom is -0.449 e. The van der Waals surface area contributed by atoms with Gasteiger partial charge in [0.25, 0.3) is 0 Å². The Morgan fingerprint density at radius 3 is 1.66 bits per heavy atom. The average Bonchev–Trinajstić information content (AvgIpc) is 3.82. The number of anilines is 3. The molecule has 10 aromatic rings. The lowest BCUT2D eigenvalue weighted by Crippen LogP contribution is -2.25.